The van der Waals surface area contributed by atoms with Crippen LogP contribution in [0.3, 0.4) is 0 Å². The van der Waals surface area contributed by atoms with E-state index in [1.165, 1.54) is 5.56 Å². The Hall–Kier alpha value is -1.68. The van der Waals surface area contributed by atoms with Crippen LogP contribution in [0, 0.1) is 11.3 Å². The molecule has 2 aliphatic rings. The molecule has 3 atom stereocenters. The first-order valence-electron chi connectivity index (χ1n) is 7.53. The topological polar surface area (TPSA) is 52.6 Å². The highest BCUT2D eigenvalue weighted by atomic mass is 16.5. The van der Waals surface area contributed by atoms with Gasteiger partial charge < -0.3 is 9.47 Å². The number of carbonyl (C=O) groups excluding carboxylic acids is 2. The standard InChI is InChI=1S/C17H20O4/c1-2-21-16(19)17(11-20-9-8-15(17)18)14-10-13(14)12-6-4-3-5-7-12/h3-7,13-14H,2,8-11H2,1H3. The van der Waals surface area contributed by atoms with Crippen LogP contribution >= 0.6 is 0 Å². The number of hydrogen-bond donors (Lipinski definition) is 0. The van der Waals surface area contributed by atoms with Crippen molar-refractivity contribution in [2.75, 3.05) is 19.8 Å². The van der Waals surface area contributed by atoms with Gasteiger partial charge in [-0.3, -0.25) is 9.59 Å². The fourth-order valence-corrected chi connectivity index (χ4v) is 3.41. The summed E-state index contributed by atoms with van der Waals surface area (Å²) < 4.78 is 10.7. The van der Waals surface area contributed by atoms with Crippen molar-refractivity contribution >= 4 is 11.8 Å². The van der Waals surface area contributed by atoms with Crippen molar-refractivity contribution in [3.8, 4) is 0 Å². The molecule has 1 aromatic carbocycles. The molecule has 1 heterocycles. The third-order valence-electron chi connectivity index (χ3n) is 4.59. The second-order valence-corrected chi connectivity index (χ2v) is 5.78. The zero-order valence-electron chi connectivity index (χ0n) is 12.2. The quantitative estimate of drug-likeness (QED) is 0.630. The summed E-state index contributed by atoms with van der Waals surface area (Å²) in [7, 11) is 0. The van der Waals surface area contributed by atoms with E-state index in [1.54, 1.807) is 6.92 Å². The van der Waals surface area contributed by atoms with E-state index in [0.29, 0.717) is 13.0 Å². The van der Waals surface area contributed by atoms with Gasteiger partial charge in [0.1, 0.15) is 0 Å². The number of ketones is 1. The van der Waals surface area contributed by atoms with Crippen LogP contribution in [0.5, 0.6) is 0 Å². The van der Waals surface area contributed by atoms with Crippen LogP contribution in [0.15, 0.2) is 30.3 Å². The Kier molecular flexibility index (Phi) is 3.81. The maximum absolute atomic E-state index is 12.5. The largest absolute Gasteiger partial charge is 0.465 e. The molecule has 0 amide bonds. The fourth-order valence-electron chi connectivity index (χ4n) is 3.41. The second-order valence-electron chi connectivity index (χ2n) is 5.78. The first kappa shape index (κ1) is 14.3. The van der Waals surface area contributed by atoms with Crippen LogP contribution in [0.25, 0.3) is 0 Å². The van der Waals surface area contributed by atoms with Crippen molar-refractivity contribution in [2.24, 2.45) is 11.3 Å². The molecule has 1 saturated heterocycles. The average molecular weight is 288 g/mol. The van der Waals surface area contributed by atoms with Crippen LogP contribution in [0.1, 0.15) is 31.2 Å². The summed E-state index contributed by atoms with van der Waals surface area (Å²) in [4.78, 5) is 25.0. The van der Waals surface area contributed by atoms with E-state index in [-0.39, 0.29) is 30.8 Å². The lowest BCUT2D eigenvalue weighted by Gasteiger charge is -2.33. The molecule has 3 unspecified atom stereocenters. The normalized spacial score (nSPS) is 31.8. The summed E-state index contributed by atoms with van der Waals surface area (Å²) in [6.45, 7) is 2.62. The maximum atomic E-state index is 12.5. The van der Waals surface area contributed by atoms with Gasteiger partial charge in [0, 0.05) is 6.42 Å². The van der Waals surface area contributed by atoms with Crippen LogP contribution in [0.4, 0.5) is 0 Å². The monoisotopic (exact) mass is 288 g/mol. The van der Waals surface area contributed by atoms with Crippen LogP contribution < -0.4 is 0 Å². The van der Waals surface area contributed by atoms with Gasteiger partial charge in [-0.15, -0.1) is 0 Å². The molecule has 1 aromatic rings. The Morgan fingerprint density at radius 3 is 2.81 bits per heavy atom. The maximum Gasteiger partial charge on any atom is 0.322 e. The third kappa shape index (κ3) is 2.38. The zero-order valence-corrected chi connectivity index (χ0v) is 12.2. The molecule has 0 spiro atoms. The average Bonchev–Trinajstić information content (AvgIpc) is 3.30. The molecule has 0 aromatic heterocycles. The number of Topliss-reactive ketones (excluding diaryl/α,β-unsaturated/α-hetero) is 1. The number of carbonyl (C=O) groups is 2. The van der Waals surface area contributed by atoms with Gasteiger partial charge >= 0.3 is 5.97 Å². The summed E-state index contributed by atoms with van der Waals surface area (Å²) in [6.07, 6.45) is 1.15. The Balaban J connectivity index is 1.87. The molecule has 1 saturated carbocycles. The molecule has 4 nitrogen and oxygen atoms in total. The summed E-state index contributed by atoms with van der Waals surface area (Å²) in [5.41, 5.74) is 0.0962. The predicted molar refractivity (Wildman–Crippen MR) is 76.8 cm³/mol. The highest BCUT2D eigenvalue weighted by molar-refractivity contribution is 6.05. The van der Waals surface area contributed by atoms with Crippen molar-refractivity contribution in [1.82, 2.24) is 0 Å². The Morgan fingerprint density at radius 1 is 1.38 bits per heavy atom. The number of esters is 1. The smallest absolute Gasteiger partial charge is 0.322 e. The third-order valence-corrected chi connectivity index (χ3v) is 4.59. The van der Waals surface area contributed by atoms with E-state index >= 15 is 0 Å². The molecule has 2 fully saturated rings. The summed E-state index contributed by atoms with van der Waals surface area (Å²) in [6, 6.07) is 10.0. The van der Waals surface area contributed by atoms with Gasteiger partial charge in [-0.05, 0) is 30.7 Å². The Labute approximate surface area is 124 Å². The van der Waals surface area contributed by atoms with E-state index in [1.807, 2.05) is 18.2 Å². The van der Waals surface area contributed by atoms with Gasteiger partial charge in [0.15, 0.2) is 11.2 Å². The highest BCUT2D eigenvalue weighted by Crippen LogP contribution is 2.58. The molecule has 0 bridgehead atoms. The minimum absolute atomic E-state index is 0.00625. The predicted octanol–water partition coefficient (Wildman–Crippen LogP) is 2.33. The van der Waals surface area contributed by atoms with Crippen molar-refractivity contribution < 1.29 is 19.1 Å². The number of rotatable bonds is 4. The summed E-state index contributed by atoms with van der Waals surface area (Å²) in [5.74, 6) is -0.165. The van der Waals surface area contributed by atoms with E-state index in [9.17, 15) is 9.59 Å². The molecule has 4 heteroatoms. The van der Waals surface area contributed by atoms with Gasteiger partial charge in [0.25, 0.3) is 0 Å². The summed E-state index contributed by atoms with van der Waals surface area (Å²) in [5, 5.41) is 0. The molecule has 1 aliphatic heterocycles. The Bertz CT molecular complexity index is 539. The molecule has 0 radical (unpaired) electrons. The van der Waals surface area contributed by atoms with Gasteiger partial charge in [0.05, 0.1) is 19.8 Å². The first-order valence-corrected chi connectivity index (χ1v) is 7.53. The minimum atomic E-state index is -1.09. The van der Waals surface area contributed by atoms with Crippen molar-refractivity contribution in [3.05, 3.63) is 35.9 Å². The van der Waals surface area contributed by atoms with Gasteiger partial charge in [-0.1, -0.05) is 30.3 Å². The lowest BCUT2D eigenvalue weighted by atomic mass is 9.75. The molecule has 112 valence electrons. The van der Waals surface area contributed by atoms with E-state index in [2.05, 4.69) is 12.1 Å². The lowest BCUT2D eigenvalue weighted by Crippen LogP contribution is -2.50. The van der Waals surface area contributed by atoms with Crippen molar-refractivity contribution in [2.45, 2.75) is 25.7 Å². The summed E-state index contributed by atoms with van der Waals surface area (Å²) >= 11 is 0. The van der Waals surface area contributed by atoms with Crippen molar-refractivity contribution in [3.63, 3.8) is 0 Å². The number of benzene rings is 1. The van der Waals surface area contributed by atoms with Gasteiger partial charge in [-0.2, -0.15) is 0 Å². The van der Waals surface area contributed by atoms with Gasteiger partial charge in [0.2, 0.25) is 0 Å². The van der Waals surface area contributed by atoms with Crippen molar-refractivity contribution in [1.29, 1.82) is 0 Å². The molecule has 3 rings (SSSR count). The van der Waals surface area contributed by atoms with Crippen LogP contribution in [-0.4, -0.2) is 31.6 Å². The van der Waals surface area contributed by atoms with Crippen LogP contribution in [0.2, 0.25) is 0 Å². The number of ether oxygens (including phenoxy) is 2. The second kappa shape index (κ2) is 5.60. The molecular weight excluding hydrogens is 268 g/mol. The van der Waals surface area contributed by atoms with Crippen LogP contribution in [-0.2, 0) is 19.1 Å². The Morgan fingerprint density at radius 2 is 2.14 bits per heavy atom. The first-order chi connectivity index (χ1) is 10.2. The molecule has 0 N–H and O–H groups in total. The van der Waals surface area contributed by atoms with E-state index in [4.69, 9.17) is 9.47 Å². The number of hydrogen-bond acceptors (Lipinski definition) is 4. The SMILES string of the molecule is CCOC(=O)C1(C2CC2c2ccccc2)COCCC1=O. The zero-order chi connectivity index (χ0) is 14.9. The van der Waals surface area contributed by atoms with Gasteiger partial charge in [-0.25, -0.2) is 0 Å². The molecular formula is C17H20O4. The van der Waals surface area contributed by atoms with E-state index < -0.39 is 11.4 Å². The fraction of sp³-hybridized carbons (Fsp3) is 0.529. The highest BCUT2D eigenvalue weighted by Gasteiger charge is 2.63. The lowest BCUT2D eigenvalue weighted by molar-refractivity contribution is -0.171. The molecule has 21 heavy (non-hydrogen) atoms. The van der Waals surface area contributed by atoms with E-state index in [0.717, 1.165) is 6.42 Å². The minimum Gasteiger partial charge on any atom is -0.465 e. The molecule has 1 aliphatic carbocycles.